The summed E-state index contributed by atoms with van der Waals surface area (Å²) in [5.74, 6) is -2.05. The number of anilines is 1. The second kappa shape index (κ2) is 9.34. The van der Waals surface area contributed by atoms with Crippen LogP contribution in [0.5, 0.6) is 0 Å². The Balaban J connectivity index is 1.63. The topological polar surface area (TPSA) is 132 Å². The minimum Gasteiger partial charge on any atom is -0.364 e. The largest absolute Gasteiger partial charge is 0.364 e. The lowest BCUT2D eigenvalue weighted by atomic mass is 10.1. The number of halogens is 1. The summed E-state index contributed by atoms with van der Waals surface area (Å²) < 4.78 is 15.5. The Hall–Kier alpha value is -4.60. The molecule has 0 fully saturated rings. The molecule has 0 bridgehead atoms. The highest BCUT2D eigenvalue weighted by atomic mass is 19.1. The molecule has 2 aromatic carbocycles. The smallest absolute Gasteiger partial charge is 0.267 e. The number of nitrogens with one attached hydrogen (secondary N) is 2. The van der Waals surface area contributed by atoms with E-state index in [4.69, 9.17) is 5.73 Å². The summed E-state index contributed by atoms with van der Waals surface area (Å²) in [5, 5.41) is 10.4. The van der Waals surface area contributed by atoms with Crippen molar-refractivity contribution in [2.45, 2.75) is 20.4 Å². The molecule has 0 unspecified atom stereocenters. The highest BCUT2D eigenvalue weighted by Crippen LogP contribution is 2.25. The zero-order chi connectivity index (χ0) is 25.3. The van der Waals surface area contributed by atoms with Gasteiger partial charge in [-0.25, -0.2) is 9.37 Å². The third-order valence-electron chi connectivity index (χ3n) is 5.66. The first kappa shape index (κ1) is 23.6. The number of rotatable bonds is 6. The number of hydrogen-bond acceptors (Lipinski definition) is 5. The zero-order valence-electron chi connectivity index (χ0n) is 19.3. The molecule has 0 saturated carbocycles. The van der Waals surface area contributed by atoms with Gasteiger partial charge in [-0.1, -0.05) is 12.1 Å². The first-order valence-electron chi connectivity index (χ1n) is 10.7. The number of carbonyl (C=O) groups is 3. The van der Waals surface area contributed by atoms with E-state index in [2.05, 4.69) is 20.7 Å². The van der Waals surface area contributed by atoms with Gasteiger partial charge in [0.15, 0.2) is 0 Å². The molecular weight excluding hydrogens is 451 g/mol. The molecule has 4 aromatic rings. The third kappa shape index (κ3) is 4.72. The second-order valence-corrected chi connectivity index (χ2v) is 8.01. The average Bonchev–Trinajstić information content (AvgIpc) is 3.10. The SMILES string of the molecule is CNC(=O)c1ccc(Cn2nc(C)c(NC(=O)c3cc(C(N)=O)nc4cc(F)ccc34)c2C)cc1. The lowest BCUT2D eigenvalue weighted by molar-refractivity contribution is 0.0960. The van der Waals surface area contributed by atoms with Crippen LogP contribution < -0.4 is 16.4 Å². The number of aryl methyl sites for hydroxylation is 1. The first-order valence-corrected chi connectivity index (χ1v) is 10.7. The Morgan fingerprint density at radius 2 is 1.74 bits per heavy atom. The minimum atomic E-state index is -0.826. The Morgan fingerprint density at radius 3 is 2.40 bits per heavy atom. The van der Waals surface area contributed by atoms with Gasteiger partial charge in [0.25, 0.3) is 17.7 Å². The summed E-state index contributed by atoms with van der Waals surface area (Å²) in [5.41, 5.74) is 8.81. The maximum absolute atomic E-state index is 13.7. The fourth-order valence-corrected chi connectivity index (χ4v) is 3.81. The van der Waals surface area contributed by atoms with Crippen LogP contribution in [0.4, 0.5) is 10.1 Å². The lowest BCUT2D eigenvalue weighted by Crippen LogP contribution is -2.18. The average molecular weight is 474 g/mol. The molecule has 0 spiro atoms. The highest BCUT2D eigenvalue weighted by molar-refractivity contribution is 6.14. The maximum atomic E-state index is 13.7. The zero-order valence-corrected chi connectivity index (χ0v) is 19.3. The molecule has 178 valence electrons. The summed E-state index contributed by atoms with van der Waals surface area (Å²) in [4.78, 5) is 40.8. The normalized spacial score (nSPS) is 10.9. The van der Waals surface area contributed by atoms with Gasteiger partial charge in [0.05, 0.1) is 34.7 Å². The highest BCUT2D eigenvalue weighted by Gasteiger charge is 2.20. The molecule has 0 atom stereocenters. The molecule has 10 heteroatoms. The molecular formula is C25H23FN6O3. The van der Waals surface area contributed by atoms with E-state index >= 15 is 0 Å². The van der Waals surface area contributed by atoms with Gasteiger partial charge in [-0.2, -0.15) is 5.10 Å². The number of carbonyl (C=O) groups excluding carboxylic acids is 3. The van der Waals surface area contributed by atoms with Crippen molar-refractivity contribution in [2.24, 2.45) is 5.73 Å². The molecule has 9 nitrogen and oxygen atoms in total. The number of benzene rings is 2. The van der Waals surface area contributed by atoms with E-state index in [-0.39, 0.29) is 22.7 Å². The van der Waals surface area contributed by atoms with Gasteiger partial charge >= 0.3 is 0 Å². The molecule has 3 amide bonds. The van der Waals surface area contributed by atoms with E-state index in [0.29, 0.717) is 34.6 Å². The number of hydrogen-bond donors (Lipinski definition) is 3. The molecule has 2 aromatic heterocycles. The van der Waals surface area contributed by atoms with Crippen LogP contribution in [-0.2, 0) is 6.54 Å². The van der Waals surface area contributed by atoms with E-state index < -0.39 is 17.6 Å². The monoisotopic (exact) mass is 474 g/mol. The number of fused-ring (bicyclic) bond motifs is 1. The van der Waals surface area contributed by atoms with E-state index in [0.717, 1.165) is 11.6 Å². The Kier molecular flexibility index (Phi) is 6.28. The summed E-state index contributed by atoms with van der Waals surface area (Å²) in [7, 11) is 1.57. The number of nitrogens with zero attached hydrogens (tertiary/aromatic N) is 3. The quantitative estimate of drug-likeness (QED) is 0.395. The Labute approximate surface area is 200 Å². The van der Waals surface area contributed by atoms with Crippen molar-refractivity contribution in [2.75, 3.05) is 12.4 Å². The summed E-state index contributed by atoms with van der Waals surface area (Å²) in [6, 6.07) is 12.2. The van der Waals surface area contributed by atoms with Gasteiger partial charge < -0.3 is 16.4 Å². The number of primary amides is 1. The van der Waals surface area contributed by atoms with Crippen molar-refractivity contribution in [1.29, 1.82) is 0 Å². The summed E-state index contributed by atoms with van der Waals surface area (Å²) >= 11 is 0. The van der Waals surface area contributed by atoms with Crippen LogP contribution in [-0.4, -0.2) is 39.5 Å². The number of nitrogens with two attached hydrogens (primary N) is 1. The standard InChI is InChI=1S/C25H23FN6O3/c1-13-22(14(2)32(31-13)12-15-4-6-16(7-5-15)24(34)28-3)30-25(35)19-11-21(23(27)33)29-20-10-17(26)8-9-18(19)20/h4-11H,12H2,1-3H3,(H2,27,33)(H,28,34)(H,30,35). The van der Waals surface area contributed by atoms with E-state index in [1.807, 2.05) is 19.1 Å². The van der Waals surface area contributed by atoms with Crippen molar-refractivity contribution in [3.63, 3.8) is 0 Å². The van der Waals surface area contributed by atoms with Gasteiger partial charge in [-0.15, -0.1) is 0 Å². The van der Waals surface area contributed by atoms with Crippen molar-refractivity contribution < 1.29 is 18.8 Å². The van der Waals surface area contributed by atoms with Crippen LogP contribution in [0.1, 0.15) is 48.2 Å². The van der Waals surface area contributed by atoms with Crippen molar-refractivity contribution >= 4 is 34.3 Å². The second-order valence-electron chi connectivity index (χ2n) is 8.01. The molecule has 0 aliphatic heterocycles. The molecule has 0 aliphatic rings. The van der Waals surface area contributed by atoms with Crippen molar-refractivity contribution in [1.82, 2.24) is 20.1 Å². The fraction of sp³-hybridized carbons (Fsp3) is 0.160. The van der Waals surface area contributed by atoms with Crippen LogP contribution >= 0.6 is 0 Å². The van der Waals surface area contributed by atoms with E-state index in [9.17, 15) is 18.8 Å². The predicted molar refractivity (Wildman–Crippen MR) is 129 cm³/mol. The van der Waals surface area contributed by atoms with Gasteiger partial charge in [-0.3, -0.25) is 19.1 Å². The number of pyridine rings is 1. The third-order valence-corrected chi connectivity index (χ3v) is 5.66. The minimum absolute atomic E-state index is 0.139. The van der Waals surface area contributed by atoms with Gasteiger partial charge in [-0.05, 0) is 49.7 Å². The van der Waals surface area contributed by atoms with Gasteiger partial charge in [0.1, 0.15) is 11.5 Å². The molecule has 2 heterocycles. The van der Waals surface area contributed by atoms with E-state index in [1.165, 1.54) is 18.2 Å². The van der Waals surface area contributed by atoms with Gasteiger partial charge in [0.2, 0.25) is 0 Å². The predicted octanol–water partition coefficient (Wildman–Crippen LogP) is 2.95. The number of aromatic nitrogens is 3. The molecule has 0 aliphatic carbocycles. The van der Waals surface area contributed by atoms with Crippen LogP contribution in [0.25, 0.3) is 10.9 Å². The van der Waals surface area contributed by atoms with Crippen LogP contribution in [0.3, 0.4) is 0 Å². The Morgan fingerprint density at radius 1 is 1.03 bits per heavy atom. The van der Waals surface area contributed by atoms with Crippen LogP contribution in [0.15, 0.2) is 48.5 Å². The van der Waals surface area contributed by atoms with E-state index in [1.54, 1.807) is 30.8 Å². The lowest BCUT2D eigenvalue weighted by Gasteiger charge is -2.10. The van der Waals surface area contributed by atoms with Crippen molar-refractivity contribution in [3.05, 3.63) is 88.1 Å². The molecule has 4 rings (SSSR count). The molecule has 35 heavy (non-hydrogen) atoms. The Bertz CT molecular complexity index is 1480. The molecule has 4 N–H and O–H groups in total. The maximum Gasteiger partial charge on any atom is 0.267 e. The summed E-state index contributed by atoms with van der Waals surface area (Å²) in [6.07, 6.45) is 0. The first-order chi connectivity index (χ1) is 16.7. The fourth-order valence-electron chi connectivity index (χ4n) is 3.81. The molecule has 0 radical (unpaired) electrons. The number of amides is 3. The van der Waals surface area contributed by atoms with Crippen LogP contribution in [0.2, 0.25) is 0 Å². The molecule has 0 saturated heterocycles. The van der Waals surface area contributed by atoms with Crippen LogP contribution in [0, 0.1) is 19.7 Å². The van der Waals surface area contributed by atoms with Gasteiger partial charge in [0, 0.05) is 24.1 Å². The van der Waals surface area contributed by atoms with Crippen molar-refractivity contribution in [3.8, 4) is 0 Å². The summed E-state index contributed by atoms with van der Waals surface area (Å²) in [6.45, 7) is 4.02.